The van der Waals surface area contributed by atoms with Gasteiger partial charge in [0.2, 0.25) is 11.1 Å². The van der Waals surface area contributed by atoms with E-state index in [2.05, 4.69) is 20.8 Å². The Labute approximate surface area is 196 Å². The Balaban J connectivity index is 1.29. The van der Waals surface area contributed by atoms with Crippen LogP contribution in [0.4, 0.5) is 25.8 Å². The number of alkyl halides is 2. The third-order valence-electron chi connectivity index (χ3n) is 6.01. The number of nitrogens with one attached hydrogen (secondary N) is 1. The number of amides is 1. The van der Waals surface area contributed by atoms with Gasteiger partial charge in [0.15, 0.2) is 0 Å². The molecule has 1 spiro atoms. The summed E-state index contributed by atoms with van der Waals surface area (Å²) in [5.74, 6) is -3.05. The van der Waals surface area contributed by atoms with E-state index in [1.165, 1.54) is 22.9 Å². The number of tetrazole rings is 1. The maximum Gasteiger partial charge on any atom is 0.270 e. The van der Waals surface area contributed by atoms with Crippen molar-refractivity contribution in [1.82, 2.24) is 20.2 Å². The smallest absolute Gasteiger partial charge is 0.270 e. The van der Waals surface area contributed by atoms with Crippen LogP contribution in [0.5, 0.6) is 0 Å². The Morgan fingerprint density at radius 1 is 1.18 bits per heavy atom. The molecule has 2 aromatic carbocycles. The molecule has 1 amide bonds. The fraction of sp³-hybridized carbons (Fsp3) is 0.333. The van der Waals surface area contributed by atoms with Crippen molar-refractivity contribution in [2.24, 2.45) is 12.5 Å². The average molecular weight is 487 g/mol. The number of carbonyl (C=O) groups excluding carboxylic acids is 1. The summed E-state index contributed by atoms with van der Waals surface area (Å²) in [4.78, 5) is 26.2. The van der Waals surface area contributed by atoms with E-state index < -0.39 is 16.8 Å². The van der Waals surface area contributed by atoms with Crippen molar-refractivity contribution in [1.29, 1.82) is 0 Å². The topological polar surface area (TPSA) is 119 Å². The van der Waals surface area contributed by atoms with Crippen LogP contribution in [0.15, 0.2) is 52.5 Å². The summed E-state index contributed by atoms with van der Waals surface area (Å²) in [5.41, 5.74) is 1.02. The number of anilines is 2. The van der Waals surface area contributed by atoms with Gasteiger partial charge in [-0.15, -0.1) is 5.10 Å². The number of nitro benzene ring substituents is 1. The lowest BCUT2D eigenvalue weighted by molar-refractivity contribution is -0.384. The van der Waals surface area contributed by atoms with E-state index in [1.54, 1.807) is 19.2 Å². The molecule has 176 valence electrons. The summed E-state index contributed by atoms with van der Waals surface area (Å²) in [7, 11) is 1.64. The highest BCUT2D eigenvalue weighted by Crippen LogP contribution is 2.57. The van der Waals surface area contributed by atoms with E-state index in [-0.39, 0.29) is 29.5 Å². The third-order valence-corrected chi connectivity index (χ3v) is 7.12. The first kappa shape index (κ1) is 22.2. The standard InChI is InChI=1S/C21H19F2N7O3S/c1-28-19(25-26-27-28)34-17-7-6-15(30(32)33)8-16(17)18(31)24-13-2-4-14(5-3-13)29-11-20(12-29)9-21(22,23)10-20/h2-8H,9-12H2,1H3,(H,24,31). The molecule has 5 rings (SSSR count). The number of halogens is 2. The summed E-state index contributed by atoms with van der Waals surface area (Å²) in [6.45, 7) is 1.19. The Kier molecular flexibility index (Phi) is 5.23. The largest absolute Gasteiger partial charge is 0.370 e. The second kappa shape index (κ2) is 8.01. The number of nitrogens with zero attached hydrogens (tertiary/aromatic N) is 6. The van der Waals surface area contributed by atoms with E-state index in [4.69, 9.17) is 0 Å². The SMILES string of the molecule is Cn1nnnc1Sc1ccc([N+](=O)[O-])cc1C(=O)Nc1ccc(N2CC3(C2)CC(F)(F)C3)cc1. The van der Waals surface area contributed by atoms with E-state index in [9.17, 15) is 23.7 Å². The predicted molar refractivity (Wildman–Crippen MR) is 119 cm³/mol. The second-order valence-electron chi connectivity index (χ2n) is 8.69. The van der Waals surface area contributed by atoms with Crippen LogP contribution >= 0.6 is 11.8 Å². The number of aromatic nitrogens is 4. The molecule has 10 nitrogen and oxygen atoms in total. The summed E-state index contributed by atoms with van der Waals surface area (Å²) in [5, 5.41) is 25.6. The molecule has 0 bridgehead atoms. The van der Waals surface area contributed by atoms with Gasteiger partial charge in [0.25, 0.3) is 11.6 Å². The molecule has 0 atom stereocenters. The number of hydrogen-bond donors (Lipinski definition) is 1. The van der Waals surface area contributed by atoms with Crippen LogP contribution in [-0.4, -0.2) is 50.0 Å². The van der Waals surface area contributed by atoms with Gasteiger partial charge in [-0.2, -0.15) is 0 Å². The molecule has 2 heterocycles. The zero-order valence-corrected chi connectivity index (χ0v) is 18.8. The zero-order chi connectivity index (χ0) is 24.1. The Hall–Kier alpha value is -3.61. The number of benzene rings is 2. The molecule has 1 saturated heterocycles. The van der Waals surface area contributed by atoms with Gasteiger partial charge in [-0.3, -0.25) is 14.9 Å². The van der Waals surface area contributed by atoms with Crippen LogP contribution < -0.4 is 10.2 Å². The van der Waals surface area contributed by atoms with Gasteiger partial charge in [-0.25, -0.2) is 13.5 Å². The maximum atomic E-state index is 13.2. The maximum absolute atomic E-state index is 13.2. The van der Waals surface area contributed by atoms with Gasteiger partial charge in [0.1, 0.15) is 0 Å². The minimum Gasteiger partial charge on any atom is -0.370 e. The van der Waals surface area contributed by atoms with Gasteiger partial charge >= 0.3 is 0 Å². The van der Waals surface area contributed by atoms with Crippen LogP contribution in [0, 0.1) is 15.5 Å². The van der Waals surface area contributed by atoms with Crippen molar-refractivity contribution in [3.8, 4) is 0 Å². The fourth-order valence-corrected chi connectivity index (χ4v) is 5.31. The molecule has 1 aliphatic heterocycles. The quantitative estimate of drug-likeness (QED) is 0.412. The summed E-state index contributed by atoms with van der Waals surface area (Å²) in [6.07, 6.45) is -0.114. The van der Waals surface area contributed by atoms with E-state index in [0.717, 1.165) is 17.4 Å². The minimum absolute atomic E-state index is 0.0569. The summed E-state index contributed by atoms with van der Waals surface area (Å²) in [6, 6.07) is 11.1. The first-order chi connectivity index (χ1) is 16.1. The van der Waals surface area contributed by atoms with Crippen molar-refractivity contribution in [2.75, 3.05) is 23.3 Å². The van der Waals surface area contributed by atoms with Crippen LogP contribution in [-0.2, 0) is 7.05 Å². The number of aryl methyl sites for hydroxylation is 1. The lowest BCUT2D eigenvalue weighted by Gasteiger charge is -2.59. The summed E-state index contributed by atoms with van der Waals surface area (Å²) < 4.78 is 27.9. The number of nitro groups is 1. The molecule has 2 fully saturated rings. The monoisotopic (exact) mass is 487 g/mol. The molecule has 0 radical (unpaired) electrons. The van der Waals surface area contributed by atoms with E-state index >= 15 is 0 Å². The fourth-order valence-electron chi connectivity index (χ4n) is 4.47. The lowest BCUT2D eigenvalue weighted by atomic mass is 9.61. The van der Waals surface area contributed by atoms with E-state index in [1.807, 2.05) is 17.0 Å². The molecule has 1 N–H and O–H groups in total. The van der Waals surface area contributed by atoms with Crippen molar-refractivity contribution in [3.05, 3.63) is 58.1 Å². The first-order valence-corrected chi connectivity index (χ1v) is 11.2. The molecule has 13 heteroatoms. The normalized spacial score (nSPS) is 17.7. The molecular weight excluding hydrogens is 468 g/mol. The number of rotatable bonds is 6. The molecule has 2 aliphatic rings. The van der Waals surface area contributed by atoms with Crippen molar-refractivity contribution in [2.45, 2.75) is 28.8 Å². The van der Waals surface area contributed by atoms with Gasteiger partial charge in [-0.05, 0) is 52.5 Å². The Morgan fingerprint density at radius 2 is 1.88 bits per heavy atom. The molecule has 34 heavy (non-hydrogen) atoms. The van der Waals surface area contributed by atoms with Crippen LogP contribution in [0.2, 0.25) is 0 Å². The van der Waals surface area contributed by atoms with Crippen molar-refractivity contribution >= 4 is 34.7 Å². The molecule has 0 unspecified atom stereocenters. The molecule has 1 aromatic heterocycles. The van der Waals surface area contributed by atoms with E-state index in [0.29, 0.717) is 28.8 Å². The summed E-state index contributed by atoms with van der Waals surface area (Å²) >= 11 is 1.11. The van der Waals surface area contributed by atoms with Gasteiger partial charge in [-0.1, -0.05) is 0 Å². The van der Waals surface area contributed by atoms with Crippen LogP contribution in [0.25, 0.3) is 0 Å². The van der Waals surface area contributed by atoms with Gasteiger partial charge in [0, 0.05) is 66.8 Å². The third kappa shape index (κ3) is 4.18. The Bertz CT molecular complexity index is 1270. The second-order valence-corrected chi connectivity index (χ2v) is 9.70. The first-order valence-electron chi connectivity index (χ1n) is 10.4. The average Bonchev–Trinajstić information content (AvgIpc) is 3.15. The highest BCUT2D eigenvalue weighted by atomic mass is 32.2. The highest BCUT2D eigenvalue weighted by molar-refractivity contribution is 7.99. The Morgan fingerprint density at radius 3 is 2.47 bits per heavy atom. The zero-order valence-electron chi connectivity index (χ0n) is 17.9. The predicted octanol–water partition coefficient (Wildman–Crippen LogP) is 3.76. The number of carbonyl (C=O) groups is 1. The van der Waals surface area contributed by atoms with Crippen molar-refractivity contribution < 1.29 is 18.5 Å². The molecule has 1 saturated carbocycles. The van der Waals surface area contributed by atoms with Gasteiger partial charge in [0.05, 0.1) is 10.5 Å². The van der Waals surface area contributed by atoms with Crippen LogP contribution in [0.1, 0.15) is 23.2 Å². The molecule has 1 aliphatic carbocycles. The number of hydrogen-bond acceptors (Lipinski definition) is 8. The molecular formula is C21H19F2N7O3S. The molecule has 3 aromatic rings. The minimum atomic E-state index is -2.53. The van der Waals surface area contributed by atoms with Crippen LogP contribution in [0.3, 0.4) is 0 Å². The highest BCUT2D eigenvalue weighted by Gasteiger charge is 2.61. The number of non-ortho nitro benzene ring substituents is 1. The van der Waals surface area contributed by atoms with Crippen molar-refractivity contribution in [3.63, 3.8) is 0 Å². The lowest BCUT2D eigenvalue weighted by Crippen LogP contribution is -2.65. The van der Waals surface area contributed by atoms with Gasteiger partial charge < -0.3 is 10.2 Å².